The normalized spacial score (nSPS) is 17.0. The van der Waals surface area contributed by atoms with Crippen molar-refractivity contribution in [3.63, 3.8) is 0 Å². The van der Waals surface area contributed by atoms with Crippen LogP contribution in [0.2, 0.25) is 0 Å². The van der Waals surface area contributed by atoms with Crippen LogP contribution in [0.1, 0.15) is 17.8 Å². The van der Waals surface area contributed by atoms with Gasteiger partial charge in [-0.2, -0.15) is 9.40 Å². The molecule has 0 radical (unpaired) electrons. The second-order valence-corrected chi connectivity index (χ2v) is 6.76. The largest absolute Gasteiger partial charge is 0.481 e. The maximum atomic E-state index is 12.7. The van der Waals surface area contributed by atoms with Crippen LogP contribution in [-0.2, 0) is 26.1 Å². The fourth-order valence-corrected chi connectivity index (χ4v) is 4.17. The van der Waals surface area contributed by atoms with Gasteiger partial charge in [0.2, 0.25) is 10.0 Å². The van der Waals surface area contributed by atoms with Gasteiger partial charge in [0.15, 0.2) is 0 Å². The quantitative estimate of drug-likeness (QED) is 0.820. The molecule has 0 amide bonds. The van der Waals surface area contributed by atoms with E-state index in [4.69, 9.17) is 9.84 Å². The van der Waals surface area contributed by atoms with Gasteiger partial charge in [0.05, 0.1) is 37.6 Å². The Kier molecular flexibility index (Phi) is 4.64. The Morgan fingerprint density at radius 3 is 2.52 bits per heavy atom. The van der Waals surface area contributed by atoms with Crippen molar-refractivity contribution in [2.75, 3.05) is 26.3 Å². The van der Waals surface area contributed by atoms with Gasteiger partial charge in [-0.15, -0.1) is 0 Å². The Bertz CT molecular complexity index is 632. The number of morpholine rings is 1. The molecule has 0 aliphatic carbocycles. The first kappa shape index (κ1) is 15.9. The van der Waals surface area contributed by atoms with Crippen LogP contribution in [0.3, 0.4) is 0 Å². The van der Waals surface area contributed by atoms with Gasteiger partial charge in [0.25, 0.3) is 0 Å². The van der Waals surface area contributed by atoms with Crippen molar-refractivity contribution < 1.29 is 23.1 Å². The number of carbonyl (C=O) groups is 1. The van der Waals surface area contributed by atoms with Gasteiger partial charge in [-0.25, -0.2) is 8.42 Å². The fourth-order valence-electron chi connectivity index (χ4n) is 2.39. The zero-order valence-electron chi connectivity index (χ0n) is 12.1. The summed E-state index contributed by atoms with van der Waals surface area (Å²) in [5.74, 6) is -0.944. The van der Waals surface area contributed by atoms with Crippen molar-refractivity contribution in [2.45, 2.75) is 31.7 Å². The number of aryl methyl sites for hydroxylation is 2. The van der Waals surface area contributed by atoms with E-state index in [1.54, 1.807) is 13.8 Å². The SMILES string of the molecule is Cc1nn(CCC(=O)O)c(C)c1S(=O)(=O)N1CCOCC1. The summed E-state index contributed by atoms with van der Waals surface area (Å²) < 4.78 is 33.4. The molecule has 0 atom stereocenters. The van der Waals surface area contributed by atoms with E-state index in [1.165, 1.54) is 8.99 Å². The van der Waals surface area contributed by atoms with Crippen molar-refractivity contribution >= 4 is 16.0 Å². The number of nitrogens with zero attached hydrogens (tertiary/aromatic N) is 3. The topological polar surface area (TPSA) is 102 Å². The fraction of sp³-hybridized carbons (Fsp3) is 0.667. The van der Waals surface area contributed by atoms with Gasteiger partial charge in [0.1, 0.15) is 4.90 Å². The third-order valence-electron chi connectivity index (χ3n) is 3.42. The number of aromatic nitrogens is 2. The summed E-state index contributed by atoms with van der Waals surface area (Å²) in [5.41, 5.74) is 0.865. The average Bonchev–Trinajstić information content (AvgIpc) is 2.72. The Labute approximate surface area is 123 Å². The van der Waals surface area contributed by atoms with Crippen LogP contribution in [0.25, 0.3) is 0 Å². The summed E-state index contributed by atoms with van der Waals surface area (Å²) in [4.78, 5) is 10.8. The van der Waals surface area contributed by atoms with Crippen molar-refractivity contribution in [3.05, 3.63) is 11.4 Å². The highest BCUT2D eigenvalue weighted by Crippen LogP contribution is 2.24. The monoisotopic (exact) mass is 317 g/mol. The smallest absolute Gasteiger partial charge is 0.305 e. The summed E-state index contributed by atoms with van der Waals surface area (Å²) in [6.45, 7) is 4.82. The molecular formula is C12H19N3O5S. The zero-order chi connectivity index (χ0) is 15.6. The lowest BCUT2D eigenvalue weighted by atomic mass is 10.4. The van der Waals surface area contributed by atoms with Crippen molar-refractivity contribution in [3.8, 4) is 0 Å². The number of hydrogen-bond acceptors (Lipinski definition) is 5. The van der Waals surface area contributed by atoms with E-state index in [9.17, 15) is 13.2 Å². The molecule has 0 bridgehead atoms. The summed E-state index contributed by atoms with van der Waals surface area (Å²) in [6, 6.07) is 0. The van der Waals surface area contributed by atoms with Gasteiger partial charge < -0.3 is 9.84 Å². The molecule has 0 spiro atoms. The third kappa shape index (κ3) is 3.25. The van der Waals surface area contributed by atoms with Crippen LogP contribution in [0, 0.1) is 13.8 Å². The van der Waals surface area contributed by atoms with Crippen LogP contribution in [-0.4, -0.2) is 59.9 Å². The number of ether oxygens (including phenoxy) is 1. The maximum absolute atomic E-state index is 12.7. The molecule has 0 aromatic carbocycles. The van der Waals surface area contributed by atoms with E-state index < -0.39 is 16.0 Å². The first-order valence-electron chi connectivity index (χ1n) is 6.67. The van der Waals surface area contributed by atoms with E-state index in [0.717, 1.165) is 0 Å². The number of carboxylic acid groups (broad SMARTS) is 1. The lowest BCUT2D eigenvalue weighted by molar-refractivity contribution is -0.137. The lowest BCUT2D eigenvalue weighted by Crippen LogP contribution is -2.41. The van der Waals surface area contributed by atoms with Crippen molar-refractivity contribution in [1.29, 1.82) is 0 Å². The van der Waals surface area contributed by atoms with E-state index in [0.29, 0.717) is 37.7 Å². The number of sulfonamides is 1. The molecule has 21 heavy (non-hydrogen) atoms. The molecule has 8 nitrogen and oxygen atoms in total. The van der Waals surface area contributed by atoms with Gasteiger partial charge >= 0.3 is 5.97 Å². The molecule has 0 saturated carbocycles. The maximum Gasteiger partial charge on any atom is 0.305 e. The Morgan fingerprint density at radius 1 is 1.33 bits per heavy atom. The summed E-state index contributed by atoms with van der Waals surface area (Å²) >= 11 is 0. The van der Waals surface area contributed by atoms with Crippen molar-refractivity contribution in [2.24, 2.45) is 0 Å². The first-order valence-corrected chi connectivity index (χ1v) is 8.11. The summed E-state index contributed by atoms with van der Waals surface area (Å²) in [6.07, 6.45) is -0.0982. The molecule has 1 aromatic rings. The number of rotatable bonds is 5. The summed E-state index contributed by atoms with van der Waals surface area (Å²) in [5, 5.41) is 12.9. The van der Waals surface area contributed by atoms with E-state index in [1.807, 2.05) is 0 Å². The van der Waals surface area contributed by atoms with Crippen LogP contribution in [0.5, 0.6) is 0 Å². The molecule has 1 fully saturated rings. The molecule has 0 unspecified atom stereocenters. The number of aliphatic carboxylic acids is 1. The molecule has 118 valence electrons. The lowest BCUT2D eigenvalue weighted by Gasteiger charge is -2.26. The van der Waals surface area contributed by atoms with Gasteiger partial charge in [-0.05, 0) is 13.8 Å². The molecular weight excluding hydrogens is 298 g/mol. The molecule has 1 aliphatic heterocycles. The molecule has 1 aromatic heterocycles. The average molecular weight is 317 g/mol. The predicted molar refractivity (Wildman–Crippen MR) is 73.5 cm³/mol. The van der Waals surface area contributed by atoms with Crippen LogP contribution >= 0.6 is 0 Å². The molecule has 2 rings (SSSR count). The molecule has 2 heterocycles. The highest BCUT2D eigenvalue weighted by Gasteiger charge is 2.31. The minimum Gasteiger partial charge on any atom is -0.481 e. The molecule has 1 saturated heterocycles. The van der Waals surface area contributed by atoms with Gasteiger partial charge in [-0.3, -0.25) is 9.48 Å². The number of hydrogen-bond donors (Lipinski definition) is 1. The zero-order valence-corrected chi connectivity index (χ0v) is 12.9. The predicted octanol–water partition coefficient (Wildman–Crippen LogP) is -0.00446. The summed E-state index contributed by atoms with van der Waals surface area (Å²) in [7, 11) is -3.62. The van der Waals surface area contributed by atoms with Crippen LogP contribution in [0.15, 0.2) is 4.90 Å². The molecule has 1 aliphatic rings. The Hall–Kier alpha value is -1.45. The molecule has 9 heteroatoms. The van der Waals surface area contributed by atoms with Crippen molar-refractivity contribution in [1.82, 2.24) is 14.1 Å². The first-order chi connectivity index (χ1) is 9.84. The standard InChI is InChI=1S/C12H19N3O5S/c1-9-12(10(2)15(13-9)4-3-11(16)17)21(18,19)14-5-7-20-8-6-14/h3-8H2,1-2H3,(H,16,17). The van der Waals surface area contributed by atoms with E-state index in [2.05, 4.69) is 5.10 Å². The van der Waals surface area contributed by atoms with Crippen LogP contribution < -0.4 is 0 Å². The van der Waals surface area contributed by atoms with Gasteiger partial charge in [0, 0.05) is 13.1 Å². The van der Waals surface area contributed by atoms with E-state index >= 15 is 0 Å². The Balaban J connectivity index is 2.32. The van der Waals surface area contributed by atoms with E-state index in [-0.39, 0.29) is 17.9 Å². The highest BCUT2D eigenvalue weighted by atomic mass is 32.2. The van der Waals surface area contributed by atoms with Gasteiger partial charge in [-0.1, -0.05) is 0 Å². The highest BCUT2D eigenvalue weighted by molar-refractivity contribution is 7.89. The number of carboxylic acids is 1. The van der Waals surface area contributed by atoms with Crippen LogP contribution in [0.4, 0.5) is 0 Å². The third-order valence-corrected chi connectivity index (χ3v) is 5.57. The minimum atomic E-state index is -3.62. The second kappa shape index (κ2) is 6.12. The molecule has 1 N–H and O–H groups in total. The second-order valence-electron chi connectivity index (χ2n) is 4.88. The Morgan fingerprint density at radius 2 is 1.95 bits per heavy atom. The minimum absolute atomic E-state index is 0.0982.